The molecule has 0 heterocycles. The fourth-order valence-electron chi connectivity index (χ4n) is 1.50. The fourth-order valence-corrected chi connectivity index (χ4v) is 2.41. The van der Waals surface area contributed by atoms with Crippen LogP contribution in [0.4, 0.5) is 15.8 Å². The third-order valence-electron chi connectivity index (χ3n) is 2.30. The molecule has 2 rings (SSSR count). The van der Waals surface area contributed by atoms with Gasteiger partial charge in [0.15, 0.2) is 5.11 Å². The third-order valence-corrected chi connectivity index (χ3v) is 3.18. The largest absolute Gasteiger partial charge is 0.332 e. The van der Waals surface area contributed by atoms with E-state index in [-0.39, 0.29) is 10.8 Å². The Labute approximate surface area is 135 Å². The minimum atomic E-state index is -0.495. The third kappa shape index (κ3) is 4.21. The predicted octanol–water partition coefficient (Wildman–Crippen LogP) is 5.59. The van der Waals surface area contributed by atoms with E-state index >= 15 is 0 Å². The van der Waals surface area contributed by atoms with Crippen LogP contribution in [0.25, 0.3) is 0 Å². The summed E-state index contributed by atoms with van der Waals surface area (Å²) in [6, 6.07) is 9.16. The Morgan fingerprint density at radius 3 is 2.15 bits per heavy atom. The first kappa shape index (κ1) is 15.3. The summed E-state index contributed by atoms with van der Waals surface area (Å²) in [4.78, 5) is 0. The van der Waals surface area contributed by atoms with Crippen molar-refractivity contribution in [1.29, 1.82) is 0 Å². The Balaban J connectivity index is 2.09. The Morgan fingerprint density at radius 2 is 1.55 bits per heavy atom. The number of thiocarbonyl (C=S) groups is 1. The van der Waals surface area contributed by atoms with E-state index in [9.17, 15) is 4.39 Å². The van der Waals surface area contributed by atoms with Crippen molar-refractivity contribution in [2.75, 3.05) is 10.6 Å². The summed E-state index contributed by atoms with van der Waals surface area (Å²) < 4.78 is 13.6. The predicted molar refractivity (Wildman–Crippen MR) is 87.7 cm³/mol. The van der Waals surface area contributed by atoms with Crippen molar-refractivity contribution in [3.8, 4) is 0 Å². The summed E-state index contributed by atoms with van der Waals surface area (Å²) in [5.41, 5.74) is 0.828. The van der Waals surface area contributed by atoms with Gasteiger partial charge in [0.25, 0.3) is 0 Å². The molecule has 0 amide bonds. The van der Waals surface area contributed by atoms with Crippen LogP contribution in [0.3, 0.4) is 0 Å². The Bertz CT molecular complexity index is 644. The van der Waals surface area contributed by atoms with Gasteiger partial charge in [0, 0.05) is 20.8 Å². The van der Waals surface area contributed by atoms with Crippen LogP contribution in [-0.4, -0.2) is 5.11 Å². The molecule has 0 aliphatic carbocycles. The summed E-state index contributed by atoms with van der Waals surface area (Å²) in [7, 11) is 0. The molecule has 2 nitrogen and oxygen atoms in total. The van der Waals surface area contributed by atoms with Crippen molar-refractivity contribution in [2.45, 2.75) is 0 Å². The molecule has 0 aliphatic heterocycles. The maximum absolute atomic E-state index is 13.6. The molecule has 0 bridgehead atoms. The number of rotatable bonds is 2. The van der Waals surface area contributed by atoms with Crippen LogP contribution in [0.5, 0.6) is 0 Å². The molecule has 0 unspecified atom stereocenters. The standard InChI is InChI=1S/C13H8Cl3FN2S/c14-7-1-2-12(11(17)6-7)19-13(20)18-10-4-8(15)3-9(16)5-10/h1-6H,(H2,18,19,20). The maximum atomic E-state index is 13.6. The highest BCUT2D eigenvalue weighted by Gasteiger charge is 2.06. The average Bonchev–Trinajstić information content (AvgIpc) is 2.31. The van der Waals surface area contributed by atoms with Crippen LogP contribution in [0.2, 0.25) is 15.1 Å². The summed E-state index contributed by atoms with van der Waals surface area (Å²) in [5.74, 6) is -0.495. The Morgan fingerprint density at radius 1 is 0.900 bits per heavy atom. The van der Waals surface area contributed by atoms with E-state index in [1.165, 1.54) is 12.1 Å². The zero-order valence-electron chi connectivity index (χ0n) is 9.88. The van der Waals surface area contributed by atoms with Crippen molar-refractivity contribution in [2.24, 2.45) is 0 Å². The Kier molecular flexibility index (Phi) is 5.05. The van der Waals surface area contributed by atoms with Gasteiger partial charge in [-0.05, 0) is 48.6 Å². The minimum Gasteiger partial charge on any atom is -0.332 e. The van der Waals surface area contributed by atoms with E-state index in [1.54, 1.807) is 24.3 Å². The molecule has 0 aromatic heterocycles. The van der Waals surface area contributed by atoms with Crippen LogP contribution in [0, 0.1) is 5.82 Å². The first-order valence-electron chi connectivity index (χ1n) is 5.43. The van der Waals surface area contributed by atoms with Crippen LogP contribution in [0.15, 0.2) is 36.4 Å². The van der Waals surface area contributed by atoms with E-state index < -0.39 is 5.82 Å². The zero-order chi connectivity index (χ0) is 14.7. The van der Waals surface area contributed by atoms with Gasteiger partial charge in [0.2, 0.25) is 0 Å². The molecule has 0 saturated carbocycles. The molecular formula is C13H8Cl3FN2S. The molecule has 20 heavy (non-hydrogen) atoms. The molecule has 104 valence electrons. The smallest absolute Gasteiger partial charge is 0.175 e. The monoisotopic (exact) mass is 348 g/mol. The molecule has 7 heteroatoms. The summed E-state index contributed by atoms with van der Waals surface area (Å²) in [6.45, 7) is 0. The van der Waals surface area contributed by atoms with E-state index in [1.807, 2.05) is 0 Å². The zero-order valence-corrected chi connectivity index (χ0v) is 13.0. The van der Waals surface area contributed by atoms with E-state index in [4.69, 9.17) is 47.0 Å². The topological polar surface area (TPSA) is 24.1 Å². The van der Waals surface area contributed by atoms with E-state index in [0.29, 0.717) is 20.8 Å². The molecule has 2 N–H and O–H groups in total. The second-order valence-corrected chi connectivity index (χ2v) is 5.58. The minimum absolute atomic E-state index is 0.213. The quantitative estimate of drug-likeness (QED) is 0.691. The summed E-state index contributed by atoms with van der Waals surface area (Å²) in [5, 5.41) is 7.06. The van der Waals surface area contributed by atoms with E-state index in [2.05, 4.69) is 10.6 Å². The molecule has 0 radical (unpaired) electrons. The average molecular weight is 350 g/mol. The lowest BCUT2D eigenvalue weighted by Gasteiger charge is -2.12. The molecule has 0 fully saturated rings. The van der Waals surface area contributed by atoms with Crippen LogP contribution >= 0.6 is 47.0 Å². The number of anilines is 2. The van der Waals surface area contributed by atoms with Crippen molar-refractivity contribution in [3.63, 3.8) is 0 Å². The van der Waals surface area contributed by atoms with Crippen molar-refractivity contribution < 1.29 is 4.39 Å². The van der Waals surface area contributed by atoms with Gasteiger partial charge >= 0.3 is 0 Å². The number of hydrogen-bond donors (Lipinski definition) is 2. The van der Waals surface area contributed by atoms with Crippen molar-refractivity contribution >= 4 is 63.5 Å². The van der Waals surface area contributed by atoms with Gasteiger partial charge in [-0.1, -0.05) is 34.8 Å². The van der Waals surface area contributed by atoms with Crippen LogP contribution in [-0.2, 0) is 0 Å². The first-order chi connectivity index (χ1) is 9.44. The first-order valence-corrected chi connectivity index (χ1v) is 6.97. The maximum Gasteiger partial charge on any atom is 0.175 e. The second kappa shape index (κ2) is 6.59. The molecule has 0 aliphatic rings. The lowest BCUT2D eigenvalue weighted by atomic mass is 10.3. The highest BCUT2D eigenvalue weighted by molar-refractivity contribution is 7.80. The van der Waals surface area contributed by atoms with Crippen LogP contribution < -0.4 is 10.6 Å². The van der Waals surface area contributed by atoms with Gasteiger partial charge < -0.3 is 10.6 Å². The molecular weight excluding hydrogens is 342 g/mol. The van der Waals surface area contributed by atoms with Gasteiger partial charge in [-0.2, -0.15) is 0 Å². The second-order valence-electron chi connectivity index (χ2n) is 3.86. The number of nitrogens with one attached hydrogen (secondary N) is 2. The summed E-state index contributed by atoms with van der Waals surface area (Å²) in [6.07, 6.45) is 0. The van der Waals surface area contributed by atoms with Gasteiger partial charge in [-0.15, -0.1) is 0 Å². The normalized spacial score (nSPS) is 10.2. The molecule has 0 spiro atoms. The SMILES string of the molecule is Fc1cc(Cl)ccc1NC(=S)Nc1cc(Cl)cc(Cl)c1. The fraction of sp³-hybridized carbons (Fsp3) is 0. The van der Waals surface area contributed by atoms with E-state index in [0.717, 1.165) is 0 Å². The lowest BCUT2D eigenvalue weighted by molar-refractivity contribution is 0.632. The molecule has 2 aromatic carbocycles. The molecule has 2 aromatic rings. The number of halogens is 4. The number of benzene rings is 2. The van der Waals surface area contributed by atoms with Crippen molar-refractivity contribution in [1.82, 2.24) is 0 Å². The van der Waals surface area contributed by atoms with Gasteiger partial charge in [-0.25, -0.2) is 4.39 Å². The highest BCUT2D eigenvalue weighted by atomic mass is 35.5. The lowest BCUT2D eigenvalue weighted by Crippen LogP contribution is -2.19. The number of hydrogen-bond acceptors (Lipinski definition) is 1. The van der Waals surface area contributed by atoms with Gasteiger partial charge in [-0.3, -0.25) is 0 Å². The molecule has 0 atom stereocenters. The van der Waals surface area contributed by atoms with Crippen LogP contribution in [0.1, 0.15) is 0 Å². The van der Waals surface area contributed by atoms with Crippen molar-refractivity contribution in [3.05, 3.63) is 57.3 Å². The van der Waals surface area contributed by atoms with Gasteiger partial charge in [0.1, 0.15) is 5.82 Å². The van der Waals surface area contributed by atoms with Gasteiger partial charge in [0.05, 0.1) is 5.69 Å². The highest BCUT2D eigenvalue weighted by Crippen LogP contribution is 2.23. The molecule has 0 saturated heterocycles. The Hall–Kier alpha value is -1.07. The summed E-state index contributed by atoms with van der Waals surface area (Å²) >= 11 is 22.5.